The van der Waals surface area contributed by atoms with E-state index in [2.05, 4.69) is 36.4 Å². The Morgan fingerprint density at radius 2 is 0.884 bits per heavy atom. The van der Waals surface area contributed by atoms with Gasteiger partial charge >= 0.3 is 0 Å². The lowest BCUT2D eigenvalue weighted by Crippen LogP contribution is -2.02. The van der Waals surface area contributed by atoms with E-state index < -0.39 is 0 Å². The Bertz CT molecular complexity index is 1550. The Labute approximate surface area is 254 Å². The summed E-state index contributed by atoms with van der Waals surface area (Å²) in [4.78, 5) is 0. The van der Waals surface area contributed by atoms with Crippen LogP contribution >= 0.6 is 0 Å². The van der Waals surface area contributed by atoms with Gasteiger partial charge in [-0.1, -0.05) is 84.9 Å². The number of hydrogen-bond acceptors (Lipinski definition) is 5. The van der Waals surface area contributed by atoms with Crippen molar-refractivity contribution in [2.24, 2.45) is 0 Å². The van der Waals surface area contributed by atoms with Crippen LogP contribution in [0.5, 0.6) is 28.7 Å². The molecule has 0 saturated heterocycles. The van der Waals surface area contributed by atoms with Crippen LogP contribution in [0.25, 0.3) is 0 Å². The van der Waals surface area contributed by atoms with Crippen molar-refractivity contribution in [2.75, 3.05) is 14.2 Å². The molecule has 0 aliphatic carbocycles. The summed E-state index contributed by atoms with van der Waals surface area (Å²) in [7, 11) is 3.37. The minimum Gasteiger partial charge on any atom is -0.497 e. The average Bonchev–Trinajstić information content (AvgIpc) is 3.07. The maximum Gasteiger partial charge on any atom is 0.126 e. The van der Waals surface area contributed by atoms with Crippen LogP contribution in [0.4, 0.5) is 0 Å². The molecule has 0 unspecified atom stereocenters. The molecule has 0 atom stereocenters. The summed E-state index contributed by atoms with van der Waals surface area (Å²) < 4.78 is 29.4. The average molecular weight is 575 g/mol. The number of methoxy groups -OCH3 is 2. The molecule has 0 spiro atoms. The minimum absolute atomic E-state index is 0.476. The zero-order chi connectivity index (χ0) is 29.7. The van der Waals surface area contributed by atoms with Crippen molar-refractivity contribution in [3.05, 3.63) is 149 Å². The van der Waals surface area contributed by atoms with Gasteiger partial charge in [0.15, 0.2) is 0 Å². The molecule has 5 rings (SSSR count). The van der Waals surface area contributed by atoms with Crippen LogP contribution in [0.1, 0.15) is 34.2 Å². The van der Waals surface area contributed by atoms with E-state index in [1.807, 2.05) is 84.9 Å². The van der Waals surface area contributed by atoms with Gasteiger partial charge in [-0.05, 0) is 71.3 Å². The first-order valence-corrected chi connectivity index (χ1v) is 14.6. The van der Waals surface area contributed by atoms with Crippen LogP contribution in [0.2, 0.25) is 0 Å². The van der Waals surface area contributed by atoms with Crippen molar-refractivity contribution in [3.8, 4) is 28.7 Å². The Kier molecular flexibility index (Phi) is 10.6. The van der Waals surface area contributed by atoms with Gasteiger partial charge in [-0.2, -0.15) is 0 Å². The standard InChI is InChI=1S/C38H38O5/c1-39-34-20-16-31(17-21-34)27-42-35-22-18-32(37(24-35)40-2)14-9-15-33-19-23-36(41-26-29-10-5-3-6-11-29)25-38(33)43-28-30-12-7-4-8-13-30/h3-8,10-13,16-25H,9,14-15,26-28H2,1-2H3. The summed E-state index contributed by atoms with van der Waals surface area (Å²) >= 11 is 0. The predicted molar refractivity (Wildman–Crippen MR) is 170 cm³/mol. The van der Waals surface area contributed by atoms with Gasteiger partial charge in [0.1, 0.15) is 48.6 Å². The summed E-state index contributed by atoms with van der Waals surface area (Å²) in [5.74, 6) is 4.08. The van der Waals surface area contributed by atoms with Crippen LogP contribution in [-0.4, -0.2) is 14.2 Å². The van der Waals surface area contributed by atoms with Crippen molar-refractivity contribution >= 4 is 0 Å². The molecule has 5 heteroatoms. The molecule has 220 valence electrons. The molecule has 0 aliphatic rings. The van der Waals surface area contributed by atoms with E-state index in [1.165, 1.54) is 0 Å². The van der Waals surface area contributed by atoms with Gasteiger partial charge in [-0.15, -0.1) is 0 Å². The fourth-order valence-corrected chi connectivity index (χ4v) is 4.82. The molecule has 0 bridgehead atoms. The van der Waals surface area contributed by atoms with Crippen LogP contribution in [-0.2, 0) is 32.7 Å². The van der Waals surface area contributed by atoms with E-state index in [4.69, 9.17) is 23.7 Å². The van der Waals surface area contributed by atoms with Crippen LogP contribution in [0.15, 0.2) is 121 Å². The Morgan fingerprint density at radius 3 is 1.42 bits per heavy atom. The highest BCUT2D eigenvalue weighted by Gasteiger charge is 2.11. The highest BCUT2D eigenvalue weighted by atomic mass is 16.5. The molecule has 0 aromatic heterocycles. The molecule has 5 nitrogen and oxygen atoms in total. The molecule has 0 saturated carbocycles. The molecule has 43 heavy (non-hydrogen) atoms. The first-order chi connectivity index (χ1) is 21.2. The second-order valence-electron chi connectivity index (χ2n) is 10.3. The molecule has 0 N–H and O–H groups in total. The summed E-state index contributed by atoms with van der Waals surface area (Å²) in [6, 6.07) is 40.5. The van der Waals surface area contributed by atoms with E-state index in [0.29, 0.717) is 19.8 Å². The van der Waals surface area contributed by atoms with E-state index in [1.54, 1.807) is 14.2 Å². The van der Waals surface area contributed by atoms with Crippen molar-refractivity contribution in [3.63, 3.8) is 0 Å². The van der Waals surface area contributed by atoms with Gasteiger partial charge in [0.2, 0.25) is 0 Å². The SMILES string of the molecule is COc1ccc(COc2ccc(CCCc3ccc(OCc4ccccc4)cc3OCc3ccccc3)c(OC)c2)cc1. The summed E-state index contributed by atoms with van der Waals surface area (Å²) in [5, 5.41) is 0. The van der Waals surface area contributed by atoms with Crippen molar-refractivity contribution < 1.29 is 23.7 Å². The predicted octanol–water partition coefficient (Wildman–Crippen LogP) is 8.62. The number of rotatable bonds is 15. The smallest absolute Gasteiger partial charge is 0.126 e. The Morgan fingerprint density at radius 1 is 0.419 bits per heavy atom. The van der Waals surface area contributed by atoms with Crippen molar-refractivity contribution in [1.82, 2.24) is 0 Å². The molecule has 5 aromatic carbocycles. The lowest BCUT2D eigenvalue weighted by molar-refractivity contribution is 0.287. The topological polar surface area (TPSA) is 46.2 Å². The largest absolute Gasteiger partial charge is 0.497 e. The van der Waals surface area contributed by atoms with Gasteiger partial charge < -0.3 is 23.7 Å². The molecule has 0 aliphatic heterocycles. The van der Waals surface area contributed by atoms with Crippen molar-refractivity contribution in [1.29, 1.82) is 0 Å². The monoisotopic (exact) mass is 574 g/mol. The van der Waals surface area contributed by atoms with Gasteiger partial charge in [-0.25, -0.2) is 0 Å². The highest BCUT2D eigenvalue weighted by Crippen LogP contribution is 2.30. The quantitative estimate of drug-likeness (QED) is 0.125. The first kappa shape index (κ1) is 29.6. The first-order valence-electron chi connectivity index (χ1n) is 14.6. The third-order valence-electron chi connectivity index (χ3n) is 7.24. The fraction of sp³-hybridized carbons (Fsp3) is 0.211. The van der Waals surface area contributed by atoms with E-state index in [0.717, 1.165) is 75.8 Å². The summed E-state index contributed by atoms with van der Waals surface area (Å²) in [5.41, 5.74) is 5.63. The summed E-state index contributed by atoms with van der Waals surface area (Å²) in [6.45, 7) is 1.49. The normalized spacial score (nSPS) is 10.7. The number of benzene rings is 5. The number of ether oxygens (including phenoxy) is 5. The Hall–Kier alpha value is -4.90. The minimum atomic E-state index is 0.476. The van der Waals surface area contributed by atoms with Crippen LogP contribution in [0.3, 0.4) is 0 Å². The zero-order valence-corrected chi connectivity index (χ0v) is 24.8. The van der Waals surface area contributed by atoms with Gasteiger partial charge in [-0.3, -0.25) is 0 Å². The molecule has 0 heterocycles. The van der Waals surface area contributed by atoms with Gasteiger partial charge in [0.05, 0.1) is 14.2 Å². The fourth-order valence-electron chi connectivity index (χ4n) is 4.82. The van der Waals surface area contributed by atoms with Gasteiger partial charge in [0.25, 0.3) is 0 Å². The molecular weight excluding hydrogens is 536 g/mol. The number of aryl methyl sites for hydroxylation is 2. The lowest BCUT2D eigenvalue weighted by Gasteiger charge is -2.15. The highest BCUT2D eigenvalue weighted by molar-refractivity contribution is 5.43. The second kappa shape index (κ2) is 15.4. The van der Waals surface area contributed by atoms with E-state index in [9.17, 15) is 0 Å². The van der Waals surface area contributed by atoms with Crippen LogP contribution in [0, 0.1) is 0 Å². The Balaban J connectivity index is 1.21. The maximum absolute atomic E-state index is 6.33. The zero-order valence-electron chi connectivity index (χ0n) is 24.8. The molecule has 0 fully saturated rings. The second-order valence-corrected chi connectivity index (χ2v) is 10.3. The van der Waals surface area contributed by atoms with Crippen LogP contribution < -0.4 is 23.7 Å². The molecule has 5 aromatic rings. The molecule has 0 amide bonds. The lowest BCUT2D eigenvalue weighted by atomic mass is 10.0. The van der Waals surface area contributed by atoms with Gasteiger partial charge in [0, 0.05) is 12.1 Å². The van der Waals surface area contributed by atoms with Crippen molar-refractivity contribution in [2.45, 2.75) is 39.1 Å². The maximum atomic E-state index is 6.33. The summed E-state index contributed by atoms with van der Waals surface area (Å²) in [6.07, 6.45) is 2.67. The third-order valence-corrected chi connectivity index (χ3v) is 7.24. The molecule has 0 radical (unpaired) electrons. The van der Waals surface area contributed by atoms with E-state index in [-0.39, 0.29) is 0 Å². The number of hydrogen-bond donors (Lipinski definition) is 0. The van der Waals surface area contributed by atoms with E-state index >= 15 is 0 Å². The third kappa shape index (κ3) is 8.79. The molecular formula is C38H38O5.